The van der Waals surface area contributed by atoms with E-state index in [9.17, 15) is 24.0 Å². The molecule has 0 amide bonds. The topological polar surface area (TPSA) is 180 Å². The van der Waals surface area contributed by atoms with Crippen molar-refractivity contribution in [2.75, 3.05) is 25.6 Å². The molecule has 13 nitrogen and oxygen atoms in total. The van der Waals surface area contributed by atoms with Crippen molar-refractivity contribution in [3.8, 4) is 5.75 Å². The molecule has 3 aromatic rings. The average molecular weight is 553 g/mol. The highest BCUT2D eigenvalue weighted by Crippen LogP contribution is 2.48. The van der Waals surface area contributed by atoms with Crippen LogP contribution in [-0.2, 0) is 23.4 Å². The fourth-order valence-electron chi connectivity index (χ4n) is 4.02. The van der Waals surface area contributed by atoms with Gasteiger partial charge in [0.05, 0.1) is 18.9 Å². The van der Waals surface area contributed by atoms with Crippen LogP contribution in [0.3, 0.4) is 0 Å². The molecule has 2 aromatic heterocycles. The predicted molar refractivity (Wildman–Crippen MR) is 132 cm³/mol. The molecule has 3 heterocycles. The Balaban J connectivity index is 1.59. The van der Waals surface area contributed by atoms with E-state index < -0.39 is 57.0 Å². The van der Waals surface area contributed by atoms with Crippen LogP contribution < -0.4 is 15.3 Å². The van der Waals surface area contributed by atoms with E-state index >= 15 is 0 Å². The van der Waals surface area contributed by atoms with Crippen molar-refractivity contribution in [2.45, 2.75) is 43.8 Å². The number of halogens is 1. The number of carbonyl (C=O) groups is 1. The maximum Gasteiger partial charge on any atom is 0.459 e. The number of nitrogen functional groups attached to an aromatic ring is 1. The van der Waals surface area contributed by atoms with Crippen LogP contribution in [0.1, 0.15) is 25.6 Å². The molecule has 5 N–H and O–H groups in total. The molecule has 1 fully saturated rings. The molecular formula is C23H29FN5O8P. The van der Waals surface area contributed by atoms with Gasteiger partial charge in [-0.3, -0.25) is 9.32 Å². The smallest absolute Gasteiger partial charge is 0.459 e. The maximum atomic E-state index is 14.5. The number of aliphatic hydroxyl groups is 2. The van der Waals surface area contributed by atoms with Gasteiger partial charge in [0.1, 0.15) is 54.2 Å². The lowest BCUT2D eigenvalue weighted by molar-refractivity contribution is -0.144. The summed E-state index contributed by atoms with van der Waals surface area (Å²) < 4.78 is 51.4. The van der Waals surface area contributed by atoms with Crippen LogP contribution >= 0.6 is 7.75 Å². The monoisotopic (exact) mass is 553 g/mol. The van der Waals surface area contributed by atoms with Crippen LogP contribution in [0.2, 0.25) is 0 Å². The van der Waals surface area contributed by atoms with Crippen molar-refractivity contribution in [3.63, 3.8) is 0 Å². The van der Waals surface area contributed by atoms with E-state index in [0.29, 0.717) is 5.52 Å². The van der Waals surface area contributed by atoms with E-state index in [2.05, 4.69) is 15.2 Å². The minimum absolute atomic E-state index is 0.0881. The highest BCUT2D eigenvalue weighted by molar-refractivity contribution is 7.52. The number of nitrogens with one attached hydrogen (secondary N) is 1. The minimum Gasteiger partial charge on any atom is -0.465 e. The third-order valence-corrected chi connectivity index (χ3v) is 7.63. The van der Waals surface area contributed by atoms with Crippen LogP contribution in [0.15, 0.2) is 48.8 Å². The molecule has 1 unspecified atom stereocenters. The number of ether oxygens (including phenoxy) is 2. The molecule has 0 bridgehead atoms. The van der Waals surface area contributed by atoms with Crippen LogP contribution in [0.25, 0.3) is 5.52 Å². The largest absolute Gasteiger partial charge is 0.465 e. The van der Waals surface area contributed by atoms with E-state index in [0.717, 1.165) is 0 Å². The SMILES string of the molecule is CCOC(=O)[C@H](C)NP(=O)(OC[C@@]1(CF)O[C@@H](c2ccc3c(N)ncnn23)[C@H](O)[C@@H]1O)Oc1ccccc1. The van der Waals surface area contributed by atoms with Crippen molar-refractivity contribution < 1.29 is 42.5 Å². The second kappa shape index (κ2) is 11.3. The molecule has 0 saturated carbocycles. The molecule has 15 heteroatoms. The molecule has 1 aliphatic heterocycles. The van der Waals surface area contributed by atoms with Gasteiger partial charge in [0.25, 0.3) is 0 Å². The van der Waals surface area contributed by atoms with E-state index in [-0.39, 0.29) is 23.9 Å². The number of carbonyl (C=O) groups excluding carboxylic acids is 1. The van der Waals surface area contributed by atoms with Crippen molar-refractivity contribution in [1.82, 2.24) is 19.7 Å². The molecular weight excluding hydrogens is 524 g/mol. The van der Waals surface area contributed by atoms with Crippen LogP contribution in [0.4, 0.5) is 10.2 Å². The molecule has 0 radical (unpaired) electrons. The van der Waals surface area contributed by atoms with Crippen LogP contribution in [0, 0.1) is 0 Å². The Labute approximate surface area is 217 Å². The van der Waals surface area contributed by atoms with Gasteiger partial charge < -0.3 is 29.9 Å². The Kier molecular flexibility index (Phi) is 8.31. The fourth-order valence-corrected chi connectivity index (χ4v) is 5.57. The van der Waals surface area contributed by atoms with Crippen molar-refractivity contribution in [3.05, 3.63) is 54.5 Å². The number of hydrogen-bond acceptors (Lipinski definition) is 11. The summed E-state index contributed by atoms with van der Waals surface area (Å²) in [6.45, 7) is 0.956. The second-order valence-electron chi connectivity index (χ2n) is 8.65. The zero-order valence-electron chi connectivity index (χ0n) is 20.6. The Morgan fingerprint density at radius 3 is 2.74 bits per heavy atom. The summed E-state index contributed by atoms with van der Waals surface area (Å²) in [7, 11) is -4.39. The number of rotatable bonds is 11. The lowest BCUT2D eigenvalue weighted by Gasteiger charge is -2.31. The summed E-state index contributed by atoms with van der Waals surface area (Å²) in [5.74, 6) is -0.418. The zero-order chi connectivity index (χ0) is 27.5. The summed E-state index contributed by atoms with van der Waals surface area (Å²) in [5, 5.41) is 28.2. The van der Waals surface area contributed by atoms with Gasteiger partial charge in [0.2, 0.25) is 0 Å². The van der Waals surface area contributed by atoms with E-state index in [1.807, 2.05) is 0 Å². The summed E-state index contributed by atoms with van der Waals surface area (Å²) in [6.07, 6.45) is -3.45. The van der Waals surface area contributed by atoms with E-state index in [1.54, 1.807) is 37.3 Å². The Morgan fingerprint density at radius 1 is 1.32 bits per heavy atom. The molecule has 1 aliphatic rings. The summed E-state index contributed by atoms with van der Waals surface area (Å²) in [5.41, 5.74) is 4.41. The predicted octanol–water partition coefficient (Wildman–Crippen LogP) is 1.56. The zero-order valence-corrected chi connectivity index (χ0v) is 21.5. The number of anilines is 1. The number of para-hydroxylation sites is 1. The van der Waals surface area contributed by atoms with Gasteiger partial charge in [-0.15, -0.1) is 0 Å². The first-order valence-electron chi connectivity index (χ1n) is 11.7. The summed E-state index contributed by atoms with van der Waals surface area (Å²) >= 11 is 0. The number of benzene rings is 1. The van der Waals surface area contributed by atoms with Crippen molar-refractivity contribution in [2.24, 2.45) is 0 Å². The minimum atomic E-state index is -4.39. The van der Waals surface area contributed by atoms with Gasteiger partial charge >= 0.3 is 13.7 Å². The second-order valence-corrected chi connectivity index (χ2v) is 10.3. The lowest BCUT2D eigenvalue weighted by Crippen LogP contribution is -2.49. The maximum absolute atomic E-state index is 14.5. The van der Waals surface area contributed by atoms with Gasteiger partial charge in [-0.1, -0.05) is 18.2 Å². The molecule has 206 valence electrons. The van der Waals surface area contributed by atoms with Gasteiger partial charge in [-0.2, -0.15) is 10.2 Å². The van der Waals surface area contributed by atoms with Gasteiger partial charge in [0, 0.05) is 0 Å². The molecule has 6 atom stereocenters. The number of hydrogen-bond donors (Lipinski definition) is 4. The number of aliphatic hydroxyl groups excluding tert-OH is 2. The van der Waals surface area contributed by atoms with Crippen LogP contribution in [0.5, 0.6) is 5.75 Å². The Bertz CT molecular complexity index is 1310. The Morgan fingerprint density at radius 2 is 2.05 bits per heavy atom. The number of fused-ring (bicyclic) bond motifs is 1. The van der Waals surface area contributed by atoms with Crippen molar-refractivity contribution in [1.29, 1.82) is 0 Å². The normalized spacial score (nSPS) is 25.7. The Hall–Kier alpha value is -3.13. The molecule has 38 heavy (non-hydrogen) atoms. The van der Waals surface area contributed by atoms with Gasteiger partial charge in [-0.25, -0.2) is 18.5 Å². The lowest BCUT2D eigenvalue weighted by atomic mass is 9.96. The van der Waals surface area contributed by atoms with E-state index in [1.165, 1.54) is 29.9 Å². The third kappa shape index (κ3) is 5.51. The quantitative estimate of drug-likeness (QED) is 0.199. The summed E-state index contributed by atoms with van der Waals surface area (Å²) in [6, 6.07) is 9.97. The number of aromatic nitrogens is 3. The fraction of sp³-hybridized carbons (Fsp3) is 0.435. The number of alkyl halides is 1. The molecule has 1 saturated heterocycles. The number of nitrogens with two attached hydrogens (primary N) is 1. The van der Waals surface area contributed by atoms with Gasteiger partial charge in [0.15, 0.2) is 5.82 Å². The molecule has 4 rings (SSSR count). The molecule has 0 spiro atoms. The summed E-state index contributed by atoms with van der Waals surface area (Å²) in [4.78, 5) is 16.0. The van der Waals surface area contributed by atoms with Crippen LogP contribution in [-0.4, -0.2) is 74.5 Å². The first-order valence-corrected chi connectivity index (χ1v) is 13.3. The van der Waals surface area contributed by atoms with Gasteiger partial charge in [-0.05, 0) is 38.1 Å². The first kappa shape index (κ1) is 27.9. The van der Waals surface area contributed by atoms with E-state index in [4.69, 9.17) is 24.3 Å². The third-order valence-electron chi connectivity index (χ3n) is 6.00. The molecule has 1 aromatic carbocycles. The standard InChI is InChI=1S/C23H29FN5O8P/c1-3-34-22(32)14(2)28-38(33,37-15-7-5-4-6-8-15)35-12-23(11-24)20(31)18(30)19(36-23)16-9-10-17-21(25)26-13-27-29(16)17/h4-10,13-14,18-20,30-31H,3,11-12H2,1-2H3,(H,28,33)(H2,25,26,27)/t14-,18-,19-,20-,23+,38?/m0/s1. The number of esters is 1. The average Bonchev–Trinajstić information content (AvgIpc) is 3.44. The highest BCUT2D eigenvalue weighted by Gasteiger charge is 2.57. The highest BCUT2D eigenvalue weighted by atomic mass is 31.2. The van der Waals surface area contributed by atoms with Crippen molar-refractivity contribution >= 4 is 25.1 Å². The first-order chi connectivity index (χ1) is 18.1. The number of nitrogens with zero attached hydrogens (tertiary/aromatic N) is 3. The molecule has 0 aliphatic carbocycles.